The second-order valence-electron chi connectivity index (χ2n) is 5.91. The summed E-state index contributed by atoms with van der Waals surface area (Å²) >= 11 is 0. The molecule has 0 aliphatic carbocycles. The molecule has 0 bridgehead atoms. The lowest BCUT2D eigenvalue weighted by Crippen LogP contribution is -2.00. The highest BCUT2D eigenvalue weighted by molar-refractivity contribution is 5.79. The third-order valence-corrected chi connectivity index (χ3v) is 3.54. The van der Waals surface area contributed by atoms with Crippen molar-refractivity contribution in [2.45, 2.75) is 77.2 Å². The van der Waals surface area contributed by atoms with Crippen LogP contribution in [-0.4, -0.2) is 28.1 Å². The maximum atomic E-state index is 11.5. The Kier molecular flexibility index (Phi) is 15.1. The second-order valence-corrected chi connectivity index (χ2v) is 5.91. The number of allylic oxidation sites excluding steroid dienone is 4. The normalized spacial score (nSPS) is 13.2. The van der Waals surface area contributed by atoms with Crippen LogP contribution in [0.5, 0.6) is 0 Å². The van der Waals surface area contributed by atoms with Gasteiger partial charge in [0.2, 0.25) is 0 Å². The van der Waals surface area contributed by atoms with Crippen molar-refractivity contribution in [1.29, 1.82) is 0 Å². The van der Waals surface area contributed by atoms with Gasteiger partial charge in [0.05, 0.1) is 6.10 Å². The van der Waals surface area contributed by atoms with Crippen LogP contribution < -0.4 is 0 Å². The molecule has 0 saturated heterocycles. The summed E-state index contributed by atoms with van der Waals surface area (Å²) < 4.78 is 0. The zero-order chi connectivity index (χ0) is 18.0. The van der Waals surface area contributed by atoms with Crippen LogP contribution in [0.25, 0.3) is 0 Å². The number of ketones is 1. The number of unbranched alkanes of at least 4 members (excludes halogenated alkanes) is 3. The van der Waals surface area contributed by atoms with Gasteiger partial charge in [-0.3, -0.25) is 9.59 Å². The first kappa shape index (κ1) is 22.3. The van der Waals surface area contributed by atoms with Crippen LogP contribution in [-0.2, 0) is 9.59 Å². The summed E-state index contributed by atoms with van der Waals surface area (Å²) in [6.45, 7) is 2.18. The molecule has 0 heterocycles. The van der Waals surface area contributed by atoms with Crippen molar-refractivity contribution >= 4 is 11.8 Å². The van der Waals surface area contributed by atoms with Crippen LogP contribution in [0, 0.1) is 0 Å². The molecule has 0 aliphatic heterocycles. The van der Waals surface area contributed by atoms with Crippen LogP contribution in [0.1, 0.15) is 71.1 Å². The SMILES string of the molecule is CCCCCC=CCC(O)C=CC=CCCC(=O)CCCC(=O)O. The Balaban J connectivity index is 3.68. The Morgan fingerprint density at radius 1 is 0.917 bits per heavy atom. The molecule has 0 spiro atoms. The summed E-state index contributed by atoms with van der Waals surface area (Å²) in [7, 11) is 0. The molecular weight excluding hydrogens is 304 g/mol. The lowest BCUT2D eigenvalue weighted by molar-refractivity contribution is -0.137. The highest BCUT2D eigenvalue weighted by atomic mass is 16.4. The van der Waals surface area contributed by atoms with Crippen LogP contribution in [0.3, 0.4) is 0 Å². The Labute approximate surface area is 146 Å². The molecule has 0 fully saturated rings. The number of carbonyl (C=O) groups excluding carboxylic acids is 1. The molecule has 0 aromatic rings. The number of carbonyl (C=O) groups is 2. The average Bonchev–Trinajstić information content (AvgIpc) is 2.53. The van der Waals surface area contributed by atoms with Crippen molar-refractivity contribution in [1.82, 2.24) is 0 Å². The average molecular weight is 336 g/mol. The number of carboxylic acids is 1. The lowest BCUT2D eigenvalue weighted by atomic mass is 10.1. The van der Waals surface area contributed by atoms with Crippen LogP contribution in [0.4, 0.5) is 0 Å². The van der Waals surface area contributed by atoms with Crippen molar-refractivity contribution in [3.63, 3.8) is 0 Å². The molecular formula is C20H32O4. The van der Waals surface area contributed by atoms with Gasteiger partial charge in [0.15, 0.2) is 0 Å². The van der Waals surface area contributed by atoms with Crippen molar-refractivity contribution in [2.75, 3.05) is 0 Å². The maximum absolute atomic E-state index is 11.5. The molecule has 4 nitrogen and oxygen atoms in total. The smallest absolute Gasteiger partial charge is 0.303 e. The molecule has 1 unspecified atom stereocenters. The highest BCUT2D eigenvalue weighted by Gasteiger charge is 2.02. The number of aliphatic hydroxyl groups excluding tert-OH is 1. The number of aliphatic hydroxyl groups is 1. The molecule has 0 aromatic heterocycles. The quantitative estimate of drug-likeness (QED) is 0.260. The lowest BCUT2D eigenvalue weighted by Gasteiger charge is -1.99. The maximum Gasteiger partial charge on any atom is 0.303 e. The predicted octanol–water partition coefficient (Wildman–Crippen LogP) is 4.59. The number of hydrogen-bond acceptors (Lipinski definition) is 3. The minimum Gasteiger partial charge on any atom is -0.481 e. The Hall–Kier alpha value is -1.68. The highest BCUT2D eigenvalue weighted by Crippen LogP contribution is 2.04. The molecule has 1 atom stereocenters. The van der Waals surface area contributed by atoms with Crippen LogP contribution in [0.2, 0.25) is 0 Å². The Morgan fingerprint density at radius 2 is 1.71 bits per heavy atom. The summed E-state index contributed by atoms with van der Waals surface area (Å²) in [6.07, 6.45) is 18.2. The van der Waals surface area contributed by atoms with Gasteiger partial charge in [0.1, 0.15) is 5.78 Å². The fourth-order valence-corrected chi connectivity index (χ4v) is 2.12. The van der Waals surface area contributed by atoms with E-state index in [1.807, 2.05) is 18.2 Å². The van der Waals surface area contributed by atoms with Gasteiger partial charge >= 0.3 is 5.97 Å². The first-order chi connectivity index (χ1) is 11.6. The van der Waals surface area contributed by atoms with Gasteiger partial charge in [-0.25, -0.2) is 0 Å². The Bertz CT molecular complexity index is 421. The standard InChI is InChI=1S/C20H32O4/c1-2-3-4-5-6-9-13-18(21)14-10-7-8-11-15-19(22)16-12-17-20(23)24/h6-10,14,18,21H,2-5,11-13,15-17H2,1H3,(H,23,24). The van der Waals surface area contributed by atoms with Crippen molar-refractivity contribution in [3.8, 4) is 0 Å². The molecule has 0 aromatic carbocycles. The van der Waals surface area contributed by atoms with E-state index in [0.29, 0.717) is 32.1 Å². The van der Waals surface area contributed by atoms with Gasteiger partial charge in [0, 0.05) is 19.3 Å². The second kappa shape index (κ2) is 16.2. The van der Waals surface area contributed by atoms with E-state index in [0.717, 1.165) is 6.42 Å². The van der Waals surface area contributed by atoms with Gasteiger partial charge in [-0.05, 0) is 32.1 Å². The molecule has 0 rings (SSSR count). The number of rotatable bonds is 15. The van der Waals surface area contributed by atoms with Crippen molar-refractivity contribution in [3.05, 3.63) is 36.5 Å². The zero-order valence-corrected chi connectivity index (χ0v) is 14.8. The predicted molar refractivity (Wildman–Crippen MR) is 97.9 cm³/mol. The van der Waals surface area contributed by atoms with E-state index in [1.54, 1.807) is 12.2 Å². The van der Waals surface area contributed by atoms with Gasteiger partial charge in [-0.1, -0.05) is 56.2 Å². The van der Waals surface area contributed by atoms with E-state index < -0.39 is 12.1 Å². The number of hydrogen-bond donors (Lipinski definition) is 2. The van der Waals surface area contributed by atoms with Gasteiger partial charge in [0.25, 0.3) is 0 Å². The molecule has 4 heteroatoms. The first-order valence-electron chi connectivity index (χ1n) is 8.96. The molecule has 0 radical (unpaired) electrons. The Morgan fingerprint density at radius 3 is 2.42 bits per heavy atom. The van der Waals surface area contributed by atoms with Crippen molar-refractivity contribution in [2.24, 2.45) is 0 Å². The molecule has 0 saturated carbocycles. The van der Waals surface area contributed by atoms with E-state index in [2.05, 4.69) is 13.0 Å². The summed E-state index contributed by atoms with van der Waals surface area (Å²) in [4.78, 5) is 21.8. The van der Waals surface area contributed by atoms with Gasteiger partial charge < -0.3 is 10.2 Å². The van der Waals surface area contributed by atoms with Crippen LogP contribution in [0.15, 0.2) is 36.5 Å². The van der Waals surface area contributed by atoms with Crippen LogP contribution >= 0.6 is 0 Å². The number of Topliss-reactive ketones (excluding diaryl/α,β-unsaturated/α-hetero) is 1. The van der Waals surface area contributed by atoms with Gasteiger partial charge in [-0.15, -0.1) is 0 Å². The topological polar surface area (TPSA) is 74.6 Å². The summed E-state index contributed by atoms with van der Waals surface area (Å²) in [5.74, 6) is -0.764. The summed E-state index contributed by atoms with van der Waals surface area (Å²) in [5, 5.41) is 18.3. The number of aliphatic carboxylic acids is 1. The van der Waals surface area contributed by atoms with E-state index >= 15 is 0 Å². The molecule has 0 aliphatic rings. The van der Waals surface area contributed by atoms with E-state index in [1.165, 1.54) is 19.3 Å². The third-order valence-electron chi connectivity index (χ3n) is 3.54. The summed E-state index contributed by atoms with van der Waals surface area (Å²) in [6, 6.07) is 0. The van der Waals surface area contributed by atoms with Crippen molar-refractivity contribution < 1.29 is 19.8 Å². The van der Waals surface area contributed by atoms with E-state index in [9.17, 15) is 14.7 Å². The van der Waals surface area contributed by atoms with E-state index in [4.69, 9.17) is 5.11 Å². The first-order valence-corrected chi connectivity index (χ1v) is 8.96. The molecule has 136 valence electrons. The fourth-order valence-electron chi connectivity index (χ4n) is 2.12. The van der Waals surface area contributed by atoms with Gasteiger partial charge in [-0.2, -0.15) is 0 Å². The molecule has 0 amide bonds. The number of carboxylic acid groups (broad SMARTS) is 1. The third kappa shape index (κ3) is 16.7. The zero-order valence-electron chi connectivity index (χ0n) is 14.8. The fraction of sp³-hybridized carbons (Fsp3) is 0.600. The molecule has 2 N–H and O–H groups in total. The molecule has 24 heavy (non-hydrogen) atoms. The van der Waals surface area contributed by atoms with E-state index in [-0.39, 0.29) is 12.2 Å². The minimum absolute atomic E-state index is 0.0508. The minimum atomic E-state index is -0.859. The monoisotopic (exact) mass is 336 g/mol. The summed E-state index contributed by atoms with van der Waals surface area (Å²) in [5.41, 5.74) is 0. The largest absolute Gasteiger partial charge is 0.481 e.